The highest BCUT2D eigenvalue weighted by Crippen LogP contribution is 2.74. The van der Waals surface area contributed by atoms with Crippen molar-refractivity contribution >= 4 is 26.5 Å². The molecule has 2 fully saturated rings. The minimum absolute atomic E-state index is 0.0867. The molecule has 2 heteroatoms. The van der Waals surface area contributed by atoms with E-state index in [0.29, 0.717) is 5.16 Å². The number of benzene rings is 1. The van der Waals surface area contributed by atoms with E-state index in [-0.39, 0.29) is 15.8 Å². The van der Waals surface area contributed by atoms with Crippen molar-refractivity contribution in [3.05, 3.63) is 24.3 Å². The standard InChI is InChI=1S/C17H24P2/c1-12-8-9-16-17(3)11-10-13(2)19(17)15-7-5-4-6-14(15)18(12)16/h4-7,12-13,16H,8-11H2,1-3H3/t12?,13-,16?,17-,18+,19?/m1/s1. The molecule has 3 heterocycles. The Labute approximate surface area is 119 Å². The normalized spacial score (nSPS) is 47.6. The summed E-state index contributed by atoms with van der Waals surface area (Å²) in [6, 6.07) is 9.57. The third-order valence-electron chi connectivity index (χ3n) is 5.87. The first-order valence-electron chi connectivity index (χ1n) is 7.79. The molecular formula is C17H24P2. The second kappa shape index (κ2) is 4.29. The average Bonchev–Trinajstić information content (AvgIpc) is 2.93. The summed E-state index contributed by atoms with van der Waals surface area (Å²) in [5, 5.41) is 4.30. The van der Waals surface area contributed by atoms with Gasteiger partial charge in [0.2, 0.25) is 0 Å². The van der Waals surface area contributed by atoms with Gasteiger partial charge in [-0.15, -0.1) is 0 Å². The van der Waals surface area contributed by atoms with E-state index in [0.717, 1.165) is 17.0 Å². The van der Waals surface area contributed by atoms with Crippen LogP contribution in [0.1, 0.15) is 46.5 Å². The molecule has 3 aliphatic rings. The molecule has 3 unspecified atom stereocenters. The second-order valence-corrected chi connectivity index (χ2v) is 12.9. The molecular weight excluding hydrogens is 266 g/mol. The summed E-state index contributed by atoms with van der Waals surface area (Å²) in [7, 11) is 0.207. The Morgan fingerprint density at radius 3 is 2.53 bits per heavy atom. The molecule has 6 atom stereocenters. The predicted molar refractivity (Wildman–Crippen MR) is 89.1 cm³/mol. The minimum atomic E-state index is 0.0867. The first-order valence-corrected chi connectivity index (χ1v) is 10.7. The first-order chi connectivity index (χ1) is 9.13. The maximum Gasteiger partial charge on any atom is -0.000924 e. The van der Waals surface area contributed by atoms with E-state index < -0.39 is 0 Å². The summed E-state index contributed by atoms with van der Waals surface area (Å²) in [6.07, 6.45) is 5.98. The van der Waals surface area contributed by atoms with Gasteiger partial charge in [-0.2, -0.15) is 0 Å². The van der Waals surface area contributed by atoms with Crippen LogP contribution in [-0.4, -0.2) is 22.1 Å². The van der Waals surface area contributed by atoms with Gasteiger partial charge in [-0.1, -0.05) is 60.9 Å². The Hall–Kier alpha value is 0.0800. The number of hydrogen-bond acceptors (Lipinski definition) is 0. The van der Waals surface area contributed by atoms with Gasteiger partial charge in [-0.25, -0.2) is 0 Å². The van der Waals surface area contributed by atoms with E-state index in [2.05, 4.69) is 45.0 Å². The molecule has 0 bridgehead atoms. The predicted octanol–water partition coefficient (Wildman–Crippen LogP) is 4.41. The monoisotopic (exact) mass is 290 g/mol. The lowest BCUT2D eigenvalue weighted by molar-refractivity contribution is 0.545. The molecule has 0 aromatic heterocycles. The summed E-state index contributed by atoms with van der Waals surface area (Å²) >= 11 is 0. The molecule has 0 radical (unpaired) electrons. The van der Waals surface area contributed by atoms with Crippen molar-refractivity contribution in [2.24, 2.45) is 0 Å². The van der Waals surface area contributed by atoms with E-state index in [1.165, 1.54) is 25.7 Å². The SMILES string of the molecule is CC1CCC2[P@]1c1ccccc1P1[C@H](C)CC[C@]21C. The maximum atomic E-state index is 2.66. The van der Waals surface area contributed by atoms with E-state index in [1.54, 1.807) is 5.30 Å². The van der Waals surface area contributed by atoms with Gasteiger partial charge in [0, 0.05) is 0 Å². The number of fused-ring (bicyclic) bond motifs is 6. The van der Waals surface area contributed by atoms with Crippen LogP contribution < -0.4 is 10.6 Å². The van der Waals surface area contributed by atoms with Crippen LogP contribution in [0.3, 0.4) is 0 Å². The molecule has 3 aliphatic heterocycles. The van der Waals surface area contributed by atoms with Crippen molar-refractivity contribution < 1.29 is 0 Å². The molecule has 0 N–H and O–H groups in total. The number of hydrogen-bond donors (Lipinski definition) is 0. The maximum absolute atomic E-state index is 2.66. The smallest absolute Gasteiger partial charge is 0.000924 e. The highest BCUT2D eigenvalue weighted by molar-refractivity contribution is 7.77. The van der Waals surface area contributed by atoms with Crippen LogP contribution in [0.4, 0.5) is 0 Å². The molecule has 0 nitrogen and oxygen atoms in total. The van der Waals surface area contributed by atoms with Gasteiger partial charge in [0.05, 0.1) is 0 Å². The first kappa shape index (κ1) is 12.8. The van der Waals surface area contributed by atoms with Gasteiger partial charge >= 0.3 is 0 Å². The van der Waals surface area contributed by atoms with Crippen molar-refractivity contribution in [1.82, 2.24) is 0 Å². The minimum Gasteiger partial charge on any atom is -0.0676 e. The van der Waals surface area contributed by atoms with Crippen LogP contribution >= 0.6 is 15.8 Å². The van der Waals surface area contributed by atoms with E-state index in [9.17, 15) is 0 Å². The van der Waals surface area contributed by atoms with Crippen LogP contribution in [0.15, 0.2) is 24.3 Å². The fraction of sp³-hybridized carbons (Fsp3) is 0.647. The molecule has 0 aliphatic carbocycles. The molecule has 19 heavy (non-hydrogen) atoms. The highest BCUT2D eigenvalue weighted by atomic mass is 31.1. The zero-order valence-corrected chi connectivity index (χ0v) is 14.1. The van der Waals surface area contributed by atoms with E-state index >= 15 is 0 Å². The number of rotatable bonds is 0. The van der Waals surface area contributed by atoms with Crippen LogP contribution in [0, 0.1) is 0 Å². The Morgan fingerprint density at radius 2 is 1.74 bits per heavy atom. The topological polar surface area (TPSA) is 0 Å². The summed E-state index contributed by atoms with van der Waals surface area (Å²) in [6.45, 7) is 7.72. The van der Waals surface area contributed by atoms with Crippen LogP contribution in [0.25, 0.3) is 0 Å². The van der Waals surface area contributed by atoms with Crippen LogP contribution in [0.5, 0.6) is 0 Å². The Balaban J connectivity index is 1.94. The molecule has 0 amide bonds. The molecule has 102 valence electrons. The Kier molecular flexibility index (Phi) is 2.89. The molecule has 1 aromatic carbocycles. The zero-order chi connectivity index (χ0) is 13.2. The summed E-state index contributed by atoms with van der Waals surface area (Å²) in [5.41, 5.74) is 2.96. The molecule has 4 rings (SSSR count). The third-order valence-corrected chi connectivity index (χ3v) is 13.6. The zero-order valence-electron chi connectivity index (χ0n) is 12.3. The van der Waals surface area contributed by atoms with Gasteiger partial charge in [0.25, 0.3) is 0 Å². The molecule has 1 aromatic rings. The third kappa shape index (κ3) is 1.60. The van der Waals surface area contributed by atoms with Gasteiger partial charge < -0.3 is 0 Å². The summed E-state index contributed by atoms with van der Waals surface area (Å²) in [4.78, 5) is 0. The fourth-order valence-corrected chi connectivity index (χ4v) is 13.8. The lowest BCUT2D eigenvalue weighted by Crippen LogP contribution is -2.45. The van der Waals surface area contributed by atoms with Crippen molar-refractivity contribution in [3.63, 3.8) is 0 Å². The largest absolute Gasteiger partial charge is 0.0676 e. The van der Waals surface area contributed by atoms with E-state index in [4.69, 9.17) is 0 Å². The van der Waals surface area contributed by atoms with Gasteiger partial charge in [-0.3, -0.25) is 0 Å². The fourth-order valence-electron chi connectivity index (χ4n) is 4.98. The summed E-state index contributed by atoms with van der Waals surface area (Å²) in [5.74, 6) is 0. The van der Waals surface area contributed by atoms with Gasteiger partial charge in [-0.05, 0) is 58.4 Å². The Morgan fingerprint density at radius 1 is 1.00 bits per heavy atom. The van der Waals surface area contributed by atoms with Crippen molar-refractivity contribution in [1.29, 1.82) is 0 Å². The summed E-state index contributed by atoms with van der Waals surface area (Å²) < 4.78 is 0. The Bertz CT molecular complexity index is 512. The van der Waals surface area contributed by atoms with Gasteiger partial charge in [0.1, 0.15) is 0 Å². The van der Waals surface area contributed by atoms with Crippen LogP contribution in [0.2, 0.25) is 0 Å². The molecule has 0 spiro atoms. The molecule has 0 saturated carbocycles. The average molecular weight is 290 g/mol. The van der Waals surface area contributed by atoms with Crippen molar-refractivity contribution in [2.45, 2.75) is 68.6 Å². The lowest BCUT2D eigenvalue weighted by atomic mass is 9.97. The lowest BCUT2D eigenvalue weighted by Gasteiger charge is -2.48. The second-order valence-electron chi connectivity index (χ2n) is 6.95. The van der Waals surface area contributed by atoms with E-state index in [1.807, 2.05) is 5.30 Å². The quantitative estimate of drug-likeness (QED) is 0.621. The van der Waals surface area contributed by atoms with Crippen molar-refractivity contribution in [2.75, 3.05) is 0 Å². The van der Waals surface area contributed by atoms with Crippen LogP contribution in [-0.2, 0) is 0 Å². The molecule has 2 saturated heterocycles. The highest BCUT2D eigenvalue weighted by Gasteiger charge is 2.57. The van der Waals surface area contributed by atoms with Gasteiger partial charge in [0.15, 0.2) is 0 Å². The van der Waals surface area contributed by atoms with Crippen molar-refractivity contribution in [3.8, 4) is 0 Å².